The van der Waals surface area contributed by atoms with Gasteiger partial charge in [0.25, 0.3) is 0 Å². The average molecular weight is 234 g/mol. The highest BCUT2D eigenvalue weighted by Crippen LogP contribution is 2.34. The Labute approximate surface area is 102 Å². The van der Waals surface area contributed by atoms with Crippen LogP contribution in [0.15, 0.2) is 18.2 Å². The van der Waals surface area contributed by atoms with Crippen LogP contribution in [0, 0.1) is 24.6 Å². The molecule has 1 aromatic carbocycles. The molecule has 2 saturated heterocycles. The number of likely N-dealkylation sites (tertiary alicyclic amines) is 1. The number of benzene rings is 1. The van der Waals surface area contributed by atoms with E-state index in [1.165, 1.54) is 0 Å². The van der Waals surface area contributed by atoms with Gasteiger partial charge in [0.2, 0.25) is 0 Å². The maximum Gasteiger partial charge on any atom is 0.146 e. The molecule has 0 aromatic heterocycles. The van der Waals surface area contributed by atoms with Gasteiger partial charge in [-0.15, -0.1) is 0 Å². The fourth-order valence-electron chi connectivity index (χ4n) is 3.29. The minimum atomic E-state index is -0.0710. The van der Waals surface area contributed by atoms with Gasteiger partial charge in [-0.3, -0.25) is 0 Å². The molecular weight excluding hydrogens is 215 g/mol. The summed E-state index contributed by atoms with van der Waals surface area (Å²) in [4.78, 5) is 4.61. The standard InChI is InChI=1S/C14H19FN2/c1-10-3-4-14(13(15)5-10)17-8-11-6-16(2)7-12(11)9-17/h3-5,11-12H,6-9H2,1-2H3. The first-order valence-corrected chi connectivity index (χ1v) is 6.33. The van der Waals surface area contributed by atoms with Crippen LogP contribution in [0.1, 0.15) is 5.56 Å². The van der Waals surface area contributed by atoms with Crippen molar-refractivity contribution < 1.29 is 4.39 Å². The fraction of sp³-hybridized carbons (Fsp3) is 0.571. The molecule has 2 heterocycles. The fourth-order valence-corrected chi connectivity index (χ4v) is 3.29. The highest BCUT2D eigenvalue weighted by Gasteiger charge is 2.39. The molecule has 0 N–H and O–H groups in total. The third-order valence-corrected chi connectivity index (χ3v) is 4.11. The molecule has 2 atom stereocenters. The van der Waals surface area contributed by atoms with E-state index in [-0.39, 0.29) is 5.82 Å². The highest BCUT2D eigenvalue weighted by atomic mass is 19.1. The smallest absolute Gasteiger partial charge is 0.146 e. The number of hydrogen-bond donors (Lipinski definition) is 0. The zero-order valence-electron chi connectivity index (χ0n) is 10.5. The van der Waals surface area contributed by atoms with E-state index in [1.54, 1.807) is 6.07 Å². The SMILES string of the molecule is Cc1ccc(N2CC3CN(C)CC3C2)c(F)c1. The van der Waals surface area contributed by atoms with Crippen LogP contribution < -0.4 is 4.90 Å². The Balaban J connectivity index is 1.79. The Bertz CT molecular complexity index is 418. The molecule has 92 valence electrons. The summed E-state index contributed by atoms with van der Waals surface area (Å²) in [5.74, 6) is 1.37. The molecule has 2 unspecified atom stereocenters. The van der Waals surface area contributed by atoms with Gasteiger partial charge in [-0.05, 0) is 43.5 Å². The number of anilines is 1. The van der Waals surface area contributed by atoms with E-state index < -0.39 is 0 Å². The van der Waals surface area contributed by atoms with Gasteiger partial charge in [0.15, 0.2) is 0 Å². The molecule has 17 heavy (non-hydrogen) atoms. The molecule has 2 aliphatic heterocycles. The molecule has 3 rings (SSSR count). The van der Waals surface area contributed by atoms with Crippen molar-refractivity contribution in [2.24, 2.45) is 11.8 Å². The molecule has 2 aliphatic rings. The summed E-state index contributed by atoms with van der Waals surface area (Å²) in [6.45, 7) is 6.27. The van der Waals surface area contributed by atoms with Crippen molar-refractivity contribution >= 4 is 5.69 Å². The normalized spacial score (nSPS) is 28.8. The molecule has 0 aliphatic carbocycles. The molecule has 0 amide bonds. The van der Waals surface area contributed by atoms with Crippen molar-refractivity contribution in [1.29, 1.82) is 0 Å². The van der Waals surface area contributed by atoms with E-state index in [1.807, 2.05) is 19.1 Å². The van der Waals surface area contributed by atoms with Crippen LogP contribution in [0.25, 0.3) is 0 Å². The van der Waals surface area contributed by atoms with Crippen molar-refractivity contribution in [2.45, 2.75) is 6.92 Å². The summed E-state index contributed by atoms with van der Waals surface area (Å²) in [6.07, 6.45) is 0. The van der Waals surface area contributed by atoms with Gasteiger partial charge >= 0.3 is 0 Å². The van der Waals surface area contributed by atoms with E-state index in [0.717, 1.165) is 49.3 Å². The predicted molar refractivity (Wildman–Crippen MR) is 67.8 cm³/mol. The summed E-state index contributed by atoms with van der Waals surface area (Å²) >= 11 is 0. The Hall–Kier alpha value is -1.09. The van der Waals surface area contributed by atoms with Gasteiger partial charge in [0.05, 0.1) is 5.69 Å². The first-order chi connectivity index (χ1) is 8.13. The van der Waals surface area contributed by atoms with Gasteiger partial charge in [0, 0.05) is 26.2 Å². The van der Waals surface area contributed by atoms with E-state index in [0.29, 0.717) is 0 Å². The van der Waals surface area contributed by atoms with Crippen molar-refractivity contribution in [3.63, 3.8) is 0 Å². The molecule has 0 bridgehead atoms. The summed E-state index contributed by atoms with van der Waals surface area (Å²) < 4.78 is 13.9. The summed E-state index contributed by atoms with van der Waals surface area (Å²) in [7, 11) is 2.18. The van der Waals surface area contributed by atoms with Crippen LogP contribution in [-0.2, 0) is 0 Å². The van der Waals surface area contributed by atoms with Gasteiger partial charge in [-0.25, -0.2) is 4.39 Å². The van der Waals surface area contributed by atoms with E-state index in [4.69, 9.17) is 0 Å². The van der Waals surface area contributed by atoms with Gasteiger partial charge in [-0.1, -0.05) is 6.07 Å². The lowest BCUT2D eigenvalue weighted by Crippen LogP contribution is -2.27. The third kappa shape index (κ3) is 1.93. The van der Waals surface area contributed by atoms with Crippen LogP contribution in [0.5, 0.6) is 0 Å². The van der Waals surface area contributed by atoms with Crippen molar-refractivity contribution in [2.75, 3.05) is 38.1 Å². The molecule has 0 saturated carbocycles. The molecule has 2 fully saturated rings. The van der Waals surface area contributed by atoms with E-state index >= 15 is 0 Å². The molecule has 1 aromatic rings. The predicted octanol–water partition coefficient (Wildman–Crippen LogP) is 2.13. The number of rotatable bonds is 1. The quantitative estimate of drug-likeness (QED) is 0.734. The zero-order chi connectivity index (χ0) is 12.0. The molecule has 3 heteroatoms. The Morgan fingerprint density at radius 1 is 1.12 bits per heavy atom. The maximum atomic E-state index is 13.9. The lowest BCUT2D eigenvalue weighted by Gasteiger charge is -2.22. The molecular formula is C14H19FN2. The summed E-state index contributed by atoms with van der Waals surface area (Å²) in [5.41, 5.74) is 1.78. The Kier molecular flexibility index (Phi) is 2.58. The van der Waals surface area contributed by atoms with Crippen LogP contribution in [0.4, 0.5) is 10.1 Å². The zero-order valence-corrected chi connectivity index (χ0v) is 10.5. The highest BCUT2D eigenvalue weighted by molar-refractivity contribution is 5.50. The van der Waals surface area contributed by atoms with Gasteiger partial charge in [0.1, 0.15) is 5.82 Å². The largest absolute Gasteiger partial charge is 0.368 e. The summed E-state index contributed by atoms with van der Waals surface area (Å²) in [6, 6.07) is 5.56. The molecule has 0 spiro atoms. The Morgan fingerprint density at radius 2 is 1.76 bits per heavy atom. The monoisotopic (exact) mass is 234 g/mol. The van der Waals surface area contributed by atoms with Crippen LogP contribution in [0.2, 0.25) is 0 Å². The van der Waals surface area contributed by atoms with Crippen molar-refractivity contribution in [3.05, 3.63) is 29.6 Å². The second-order valence-corrected chi connectivity index (χ2v) is 5.60. The van der Waals surface area contributed by atoms with Gasteiger partial charge < -0.3 is 9.80 Å². The minimum Gasteiger partial charge on any atom is -0.368 e. The minimum absolute atomic E-state index is 0.0710. The van der Waals surface area contributed by atoms with Crippen molar-refractivity contribution in [3.8, 4) is 0 Å². The number of hydrogen-bond acceptors (Lipinski definition) is 2. The number of aryl methyl sites for hydroxylation is 1. The second kappa shape index (κ2) is 3.98. The number of halogens is 1. The molecule has 2 nitrogen and oxygen atoms in total. The first kappa shape index (κ1) is 11.0. The van der Waals surface area contributed by atoms with E-state index in [2.05, 4.69) is 16.8 Å². The van der Waals surface area contributed by atoms with Crippen molar-refractivity contribution in [1.82, 2.24) is 4.90 Å². The number of fused-ring (bicyclic) bond motifs is 1. The lowest BCUT2D eigenvalue weighted by atomic mass is 10.0. The van der Waals surface area contributed by atoms with E-state index in [9.17, 15) is 4.39 Å². The van der Waals surface area contributed by atoms with Gasteiger partial charge in [-0.2, -0.15) is 0 Å². The summed E-state index contributed by atoms with van der Waals surface area (Å²) in [5, 5.41) is 0. The maximum absolute atomic E-state index is 13.9. The van der Waals surface area contributed by atoms with Crippen LogP contribution in [-0.4, -0.2) is 38.1 Å². The van der Waals surface area contributed by atoms with Crippen LogP contribution >= 0.6 is 0 Å². The second-order valence-electron chi connectivity index (χ2n) is 5.60. The van der Waals surface area contributed by atoms with Crippen LogP contribution in [0.3, 0.4) is 0 Å². The first-order valence-electron chi connectivity index (χ1n) is 6.33. The Morgan fingerprint density at radius 3 is 2.35 bits per heavy atom. The average Bonchev–Trinajstić information content (AvgIpc) is 2.74. The number of nitrogens with zero attached hydrogens (tertiary/aromatic N) is 2. The topological polar surface area (TPSA) is 6.48 Å². The third-order valence-electron chi connectivity index (χ3n) is 4.11. The lowest BCUT2D eigenvalue weighted by molar-refractivity contribution is 0.386. The molecule has 0 radical (unpaired) electrons.